The number of para-hydroxylation sites is 5. The lowest BCUT2D eigenvalue weighted by molar-refractivity contribution is 0.754. The highest BCUT2D eigenvalue weighted by Crippen LogP contribution is 2.65. The zero-order valence-corrected chi connectivity index (χ0v) is 38.3. The third-order valence-electron chi connectivity index (χ3n) is 14.8. The van der Waals surface area contributed by atoms with E-state index < -0.39 is 5.41 Å². The van der Waals surface area contributed by atoms with E-state index >= 15 is 0 Å². The predicted molar refractivity (Wildman–Crippen MR) is 292 cm³/mol. The standard InChI is InChI=1S/C67H45N3/c1-5-20-47(21-6-1)54-28-13-16-32-61(54)68(53-41-43-57-56-29-14-17-33-62(56)69(65(57)45-53)50-24-9-3-10-25-50)52-39-36-46(37-40-52)48-38-42-55-58-30-19-35-64-66(58)67(60(55)44-48,49-22-7-2-8-23-49)59-31-15-18-34-63(59)70(64)51-26-11-4-12-27-51/h1-45H. The smallest absolute Gasteiger partial charge is 0.0754 e. The minimum atomic E-state index is -0.529. The molecule has 3 nitrogen and oxygen atoms in total. The van der Waals surface area contributed by atoms with Crippen LogP contribution in [-0.4, -0.2) is 4.57 Å². The Morgan fingerprint density at radius 1 is 0.329 bits per heavy atom. The van der Waals surface area contributed by atoms with Crippen molar-refractivity contribution in [3.05, 3.63) is 295 Å². The molecule has 14 rings (SSSR count). The van der Waals surface area contributed by atoms with E-state index in [0.29, 0.717) is 0 Å². The van der Waals surface area contributed by atoms with Gasteiger partial charge in [0.1, 0.15) is 0 Å². The van der Waals surface area contributed by atoms with Gasteiger partial charge in [-0.1, -0.05) is 194 Å². The summed E-state index contributed by atoms with van der Waals surface area (Å²) in [6.45, 7) is 0. The van der Waals surface area contributed by atoms with Gasteiger partial charge in [0, 0.05) is 44.6 Å². The first-order chi connectivity index (χ1) is 34.8. The summed E-state index contributed by atoms with van der Waals surface area (Å²) in [5.41, 5.74) is 22.2. The Kier molecular flexibility index (Phi) is 9.11. The second-order valence-corrected chi connectivity index (χ2v) is 18.4. The van der Waals surface area contributed by atoms with Crippen LogP contribution < -0.4 is 9.80 Å². The highest BCUT2D eigenvalue weighted by molar-refractivity contribution is 6.10. The largest absolute Gasteiger partial charge is 0.310 e. The number of rotatable bonds is 8. The number of aromatic nitrogens is 1. The third-order valence-corrected chi connectivity index (χ3v) is 14.8. The van der Waals surface area contributed by atoms with Crippen molar-refractivity contribution >= 4 is 55.9 Å². The van der Waals surface area contributed by atoms with E-state index in [2.05, 4.69) is 287 Å². The molecule has 3 heteroatoms. The van der Waals surface area contributed by atoms with Gasteiger partial charge in [-0.2, -0.15) is 0 Å². The van der Waals surface area contributed by atoms with Gasteiger partial charge < -0.3 is 14.4 Å². The van der Waals surface area contributed by atoms with E-state index in [4.69, 9.17) is 0 Å². The predicted octanol–water partition coefficient (Wildman–Crippen LogP) is 17.7. The number of hydrogen-bond acceptors (Lipinski definition) is 2. The summed E-state index contributed by atoms with van der Waals surface area (Å²) in [6.07, 6.45) is 0. The van der Waals surface area contributed by atoms with Crippen LogP contribution in [0, 0.1) is 0 Å². The van der Waals surface area contributed by atoms with Gasteiger partial charge in [-0.25, -0.2) is 0 Å². The molecule has 2 aliphatic rings. The van der Waals surface area contributed by atoms with Gasteiger partial charge in [0.05, 0.1) is 33.5 Å². The molecule has 0 fully saturated rings. The molecule has 1 atom stereocenters. The zero-order valence-electron chi connectivity index (χ0n) is 38.3. The van der Waals surface area contributed by atoms with Gasteiger partial charge in [0.15, 0.2) is 0 Å². The first-order valence-corrected chi connectivity index (χ1v) is 24.2. The van der Waals surface area contributed by atoms with E-state index in [1.54, 1.807) is 0 Å². The minimum Gasteiger partial charge on any atom is -0.310 e. The van der Waals surface area contributed by atoms with Crippen molar-refractivity contribution in [1.82, 2.24) is 4.57 Å². The van der Waals surface area contributed by atoms with E-state index in [9.17, 15) is 0 Å². The minimum absolute atomic E-state index is 0.529. The summed E-state index contributed by atoms with van der Waals surface area (Å²) in [7, 11) is 0. The first-order valence-electron chi connectivity index (χ1n) is 24.2. The number of hydrogen-bond donors (Lipinski definition) is 0. The topological polar surface area (TPSA) is 11.4 Å². The third kappa shape index (κ3) is 5.95. The number of nitrogens with zero attached hydrogens (tertiary/aromatic N) is 3. The van der Waals surface area contributed by atoms with Gasteiger partial charge in [-0.05, 0) is 123 Å². The fourth-order valence-electron chi connectivity index (χ4n) is 11.9. The molecule has 1 aliphatic heterocycles. The van der Waals surface area contributed by atoms with Crippen molar-refractivity contribution in [2.24, 2.45) is 0 Å². The van der Waals surface area contributed by atoms with E-state index in [1.807, 2.05) is 0 Å². The Bertz CT molecular complexity index is 3930. The number of fused-ring (bicyclic) bond motifs is 8. The molecule has 11 aromatic carbocycles. The SMILES string of the molecule is c1ccc(-c2ccccc2N(c2ccc(-c3ccc4c(c3)C3(c5ccccc5)c5ccccc5N(c5ccccc5)c5cccc-4c53)cc2)c2ccc3c4ccccc4n(-c4ccccc4)c3c2)cc1. The normalized spacial score (nSPS) is 14.3. The highest BCUT2D eigenvalue weighted by Gasteiger charge is 2.52. The molecule has 328 valence electrons. The Hall–Kier alpha value is -9.18. The maximum Gasteiger partial charge on any atom is 0.0754 e. The van der Waals surface area contributed by atoms with Gasteiger partial charge >= 0.3 is 0 Å². The van der Waals surface area contributed by atoms with Crippen LogP contribution in [0.25, 0.3) is 60.9 Å². The second kappa shape index (κ2) is 16.0. The average Bonchev–Trinajstić information content (AvgIpc) is 3.94. The van der Waals surface area contributed by atoms with E-state index in [1.165, 1.54) is 77.7 Å². The average molecular weight is 892 g/mol. The van der Waals surface area contributed by atoms with Crippen molar-refractivity contribution in [2.75, 3.05) is 9.80 Å². The Morgan fingerprint density at radius 2 is 0.929 bits per heavy atom. The van der Waals surface area contributed by atoms with Crippen LogP contribution in [0.4, 0.5) is 34.1 Å². The molecule has 12 aromatic rings. The maximum atomic E-state index is 2.48. The Balaban J connectivity index is 0.944. The van der Waals surface area contributed by atoms with Gasteiger partial charge in [0.2, 0.25) is 0 Å². The lowest BCUT2D eigenvalue weighted by Gasteiger charge is -2.44. The van der Waals surface area contributed by atoms with Crippen molar-refractivity contribution in [2.45, 2.75) is 5.41 Å². The molecule has 0 saturated heterocycles. The van der Waals surface area contributed by atoms with Crippen LogP contribution >= 0.6 is 0 Å². The molecule has 0 N–H and O–H groups in total. The quantitative estimate of drug-likeness (QED) is 0.151. The molecule has 2 heterocycles. The van der Waals surface area contributed by atoms with Crippen LogP contribution in [0.3, 0.4) is 0 Å². The molecule has 1 unspecified atom stereocenters. The van der Waals surface area contributed by atoms with E-state index in [0.717, 1.165) is 39.5 Å². The molecule has 0 spiro atoms. The van der Waals surface area contributed by atoms with Crippen LogP contribution in [0.15, 0.2) is 273 Å². The summed E-state index contributed by atoms with van der Waals surface area (Å²) in [4.78, 5) is 4.89. The van der Waals surface area contributed by atoms with Gasteiger partial charge in [-0.15, -0.1) is 0 Å². The molecule has 1 aromatic heterocycles. The summed E-state index contributed by atoms with van der Waals surface area (Å²) in [6, 6.07) is 100. The van der Waals surface area contributed by atoms with Crippen LogP contribution in [0.1, 0.15) is 22.3 Å². The van der Waals surface area contributed by atoms with Crippen molar-refractivity contribution < 1.29 is 0 Å². The van der Waals surface area contributed by atoms with Crippen LogP contribution in [0.2, 0.25) is 0 Å². The van der Waals surface area contributed by atoms with Crippen LogP contribution in [-0.2, 0) is 5.41 Å². The van der Waals surface area contributed by atoms with E-state index in [-0.39, 0.29) is 0 Å². The lowest BCUT2D eigenvalue weighted by Crippen LogP contribution is -2.35. The fourth-order valence-corrected chi connectivity index (χ4v) is 11.9. The molecule has 1 aliphatic carbocycles. The Labute approximate surface area is 408 Å². The molecule has 0 saturated carbocycles. The van der Waals surface area contributed by atoms with Crippen LogP contribution in [0.5, 0.6) is 0 Å². The molecular formula is C67H45N3. The molecule has 0 bridgehead atoms. The summed E-state index contributed by atoms with van der Waals surface area (Å²) in [5, 5.41) is 2.46. The van der Waals surface area contributed by atoms with Crippen molar-refractivity contribution in [3.8, 4) is 39.1 Å². The maximum absolute atomic E-state index is 2.48. The molecular weight excluding hydrogens is 847 g/mol. The summed E-state index contributed by atoms with van der Waals surface area (Å²) >= 11 is 0. The van der Waals surface area contributed by atoms with Gasteiger partial charge in [-0.3, -0.25) is 0 Å². The monoisotopic (exact) mass is 891 g/mol. The molecule has 70 heavy (non-hydrogen) atoms. The summed E-state index contributed by atoms with van der Waals surface area (Å²) < 4.78 is 2.40. The lowest BCUT2D eigenvalue weighted by atomic mass is 9.64. The first kappa shape index (κ1) is 39.9. The number of benzene rings is 11. The highest BCUT2D eigenvalue weighted by atomic mass is 15.2. The molecule has 0 radical (unpaired) electrons. The fraction of sp³-hybridized carbons (Fsp3) is 0.0149. The van der Waals surface area contributed by atoms with Crippen molar-refractivity contribution in [3.63, 3.8) is 0 Å². The van der Waals surface area contributed by atoms with Crippen molar-refractivity contribution in [1.29, 1.82) is 0 Å². The van der Waals surface area contributed by atoms with Gasteiger partial charge in [0.25, 0.3) is 0 Å². The second-order valence-electron chi connectivity index (χ2n) is 18.4. The molecule has 0 amide bonds. The summed E-state index contributed by atoms with van der Waals surface area (Å²) in [5.74, 6) is 0. The zero-order chi connectivity index (χ0) is 46.2. The Morgan fingerprint density at radius 3 is 1.73 bits per heavy atom. The number of anilines is 6.